The Labute approximate surface area is 227 Å². The van der Waals surface area contributed by atoms with Crippen LogP contribution in [0.4, 0.5) is 5.69 Å². The first kappa shape index (κ1) is 27.4. The molecule has 0 saturated carbocycles. The molecule has 0 bridgehead atoms. The summed E-state index contributed by atoms with van der Waals surface area (Å²) in [6, 6.07) is 5.62. The molecule has 3 heterocycles. The lowest BCUT2D eigenvalue weighted by molar-refractivity contribution is -0.384. The van der Waals surface area contributed by atoms with Gasteiger partial charge in [0.2, 0.25) is 5.91 Å². The summed E-state index contributed by atoms with van der Waals surface area (Å²) in [6.07, 6.45) is -0.967. The van der Waals surface area contributed by atoms with E-state index in [1.807, 2.05) is 0 Å². The van der Waals surface area contributed by atoms with Crippen LogP contribution < -0.4 is 0 Å². The monoisotopic (exact) mass is 583 g/mol. The van der Waals surface area contributed by atoms with Gasteiger partial charge < -0.3 is 14.9 Å². The molecule has 4 rings (SSSR count). The van der Waals surface area contributed by atoms with E-state index in [-0.39, 0.29) is 30.3 Å². The number of nitro groups is 1. The van der Waals surface area contributed by atoms with E-state index in [1.54, 1.807) is 6.92 Å². The number of hydrogen-bond acceptors (Lipinski definition) is 12. The number of nitro benzene ring substituents is 1. The summed E-state index contributed by atoms with van der Waals surface area (Å²) in [5, 5.41) is 29.9. The number of non-ortho nitro benzene ring substituents is 1. The maximum Gasteiger partial charge on any atom is 0.357 e. The minimum atomic E-state index is -0.927. The Hall–Kier alpha value is -2.59. The van der Waals surface area contributed by atoms with Crippen LogP contribution in [0, 0.1) is 23.0 Å². The van der Waals surface area contributed by atoms with Crippen LogP contribution >= 0.6 is 46.6 Å². The van der Waals surface area contributed by atoms with Crippen LogP contribution in [0.2, 0.25) is 0 Å². The van der Waals surface area contributed by atoms with Crippen LogP contribution in [0.3, 0.4) is 0 Å². The standard InChI is InChI=1S/C22H21N3O8S4/c1-10-14(7-15(27)28)36-22(23-10)35-9-34-21-17(24-18(29)16(11(2)26)19(24)37-21)20(30)33-8-12-3-5-13(6-4-12)25(31)32/h3-6,11,16,19,26H,7-9H2,1-2H3,(H,27,28)/t11-,16+,19-/m1/s1. The molecular formula is C22H21N3O8S4. The number of aromatic nitrogens is 1. The molecule has 2 aliphatic rings. The molecule has 15 heteroatoms. The number of carboxylic acid groups (broad SMARTS) is 1. The Kier molecular flexibility index (Phi) is 8.48. The first-order chi connectivity index (χ1) is 17.6. The molecule has 37 heavy (non-hydrogen) atoms. The molecule has 1 amide bonds. The third kappa shape index (κ3) is 5.95. The molecule has 1 aromatic carbocycles. The molecule has 1 saturated heterocycles. The number of thioether (sulfide) groups is 3. The van der Waals surface area contributed by atoms with Crippen LogP contribution in [0.25, 0.3) is 0 Å². The van der Waals surface area contributed by atoms with E-state index in [1.165, 1.54) is 82.7 Å². The van der Waals surface area contributed by atoms with E-state index in [2.05, 4.69) is 4.98 Å². The molecule has 0 spiro atoms. The lowest BCUT2D eigenvalue weighted by Gasteiger charge is -2.43. The van der Waals surface area contributed by atoms with Gasteiger partial charge in [0, 0.05) is 17.0 Å². The second kappa shape index (κ2) is 11.4. The number of aliphatic hydroxyl groups excluding tert-OH is 1. The van der Waals surface area contributed by atoms with Crippen molar-refractivity contribution in [2.24, 2.45) is 5.92 Å². The number of nitrogens with zero attached hydrogens (tertiary/aromatic N) is 3. The summed E-state index contributed by atoms with van der Waals surface area (Å²) in [6.45, 7) is 3.16. The van der Waals surface area contributed by atoms with Crippen molar-refractivity contribution in [1.29, 1.82) is 0 Å². The molecule has 2 N–H and O–H groups in total. The second-order valence-corrected chi connectivity index (χ2v) is 13.1. The van der Waals surface area contributed by atoms with Gasteiger partial charge in [-0.25, -0.2) is 9.78 Å². The van der Waals surface area contributed by atoms with Gasteiger partial charge in [-0.05, 0) is 31.5 Å². The number of fused-ring (bicyclic) bond motifs is 1. The topological polar surface area (TPSA) is 160 Å². The van der Waals surface area contributed by atoms with Crippen LogP contribution in [-0.2, 0) is 32.1 Å². The molecule has 0 aliphatic carbocycles. The number of benzene rings is 1. The summed E-state index contributed by atoms with van der Waals surface area (Å²) in [4.78, 5) is 53.5. The predicted molar refractivity (Wildman–Crippen MR) is 140 cm³/mol. The Morgan fingerprint density at radius 1 is 1.30 bits per heavy atom. The number of hydrogen-bond donors (Lipinski definition) is 2. The first-order valence-corrected chi connectivity index (χ1v) is 14.5. The fraction of sp³-hybridized carbons (Fsp3) is 0.364. The van der Waals surface area contributed by atoms with Crippen molar-refractivity contribution in [3.63, 3.8) is 0 Å². The predicted octanol–water partition coefficient (Wildman–Crippen LogP) is 3.59. The van der Waals surface area contributed by atoms with Crippen LogP contribution in [0.15, 0.2) is 38.5 Å². The Morgan fingerprint density at radius 3 is 2.62 bits per heavy atom. The van der Waals surface area contributed by atoms with Gasteiger partial charge >= 0.3 is 11.9 Å². The second-order valence-electron chi connectivity index (χ2n) is 8.08. The van der Waals surface area contributed by atoms with Gasteiger partial charge in [0.25, 0.3) is 5.69 Å². The SMILES string of the molecule is Cc1nc(SCSC2=C(C(=O)OCc3ccc([N+](=O)[O-])cc3)N3C(=O)[C@H]([C@@H](C)O)[C@H]3S2)sc1CC(=O)O. The quantitative estimate of drug-likeness (QED) is 0.0989. The highest BCUT2D eigenvalue weighted by Gasteiger charge is 2.58. The molecule has 0 radical (unpaired) electrons. The zero-order valence-corrected chi connectivity index (χ0v) is 22.7. The number of carbonyl (C=O) groups excluding carboxylic acids is 2. The van der Waals surface area contributed by atoms with E-state index >= 15 is 0 Å². The summed E-state index contributed by atoms with van der Waals surface area (Å²) < 4.78 is 6.72. The van der Waals surface area contributed by atoms with Gasteiger partial charge in [0.05, 0.1) is 38.4 Å². The molecule has 1 aromatic heterocycles. The normalized spacial score (nSPS) is 19.4. The van der Waals surface area contributed by atoms with E-state index in [0.717, 1.165) is 0 Å². The third-order valence-electron chi connectivity index (χ3n) is 5.53. The zero-order chi connectivity index (χ0) is 26.9. The van der Waals surface area contributed by atoms with E-state index in [0.29, 0.717) is 29.8 Å². The summed E-state index contributed by atoms with van der Waals surface area (Å²) in [5.41, 5.74) is 1.26. The van der Waals surface area contributed by atoms with Gasteiger partial charge in [-0.15, -0.1) is 23.1 Å². The lowest BCUT2D eigenvalue weighted by atomic mass is 9.92. The number of carbonyl (C=O) groups is 3. The summed E-state index contributed by atoms with van der Waals surface area (Å²) >= 11 is 5.36. The number of aliphatic carboxylic acids is 1. The van der Waals surface area contributed by atoms with Crippen molar-refractivity contribution in [2.45, 2.75) is 42.7 Å². The van der Waals surface area contributed by atoms with Crippen molar-refractivity contribution in [1.82, 2.24) is 9.88 Å². The van der Waals surface area contributed by atoms with Gasteiger partial charge in [-0.2, -0.15) is 0 Å². The van der Waals surface area contributed by atoms with Crippen molar-refractivity contribution in [3.8, 4) is 0 Å². The smallest absolute Gasteiger partial charge is 0.357 e. The Bertz CT molecular complexity index is 1280. The van der Waals surface area contributed by atoms with E-state index in [4.69, 9.17) is 9.84 Å². The first-order valence-electron chi connectivity index (χ1n) is 10.8. The minimum absolute atomic E-state index is 0.0788. The highest BCUT2D eigenvalue weighted by atomic mass is 32.2. The fourth-order valence-corrected chi connectivity index (χ4v) is 9.33. The van der Waals surface area contributed by atoms with Crippen LogP contribution in [0.5, 0.6) is 0 Å². The summed E-state index contributed by atoms with van der Waals surface area (Å²) in [5.74, 6) is -2.61. The number of rotatable bonds is 11. The Morgan fingerprint density at radius 2 is 2.00 bits per heavy atom. The molecule has 2 aliphatic heterocycles. The van der Waals surface area contributed by atoms with Gasteiger partial charge in [-0.3, -0.25) is 24.6 Å². The minimum Gasteiger partial charge on any atom is -0.481 e. The molecule has 2 aromatic rings. The maximum absolute atomic E-state index is 13.1. The average Bonchev–Trinajstić information content (AvgIpc) is 3.34. The van der Waals surface area contributed by atoms with E-state index < -0.39 is 34.3 Å². The average molecular weight is 584 g/mol. The van der Waals surface area contributed by atoms with Crippen molar-refractivity contribution in [3.05, 3.63) is 60.4 Å². The van der Waals surface area contributed by atoms with Crippen LogP contribution in [-0.4, -0.2) is 59.4 Å². The van der Waals surface area contributed by atoms with E-state index in [9.17, 15) is 29.6 Å². The molecule has 196 valence electrons. The highest BCUT2D eigenvalue weighted by molar-refractivity contribution is 8.28. The molecule has 1 fully saturated rings. The number of aliphatic hydroxyl groups is 1. The Balaban J connectivity index is 1.45. The number of thiazole rings is 1. The molecular weight excluding hydrogens is 563 g/mol. The van der Waals surface area contributed by atoms with Crippen molar-refractivity contribution >= 4 is 70.2 Å². The van der Waals surface area contributed by atoms with Gasteiger partial charge in [0.1, 0.15) is 12.0 Å². The largest absolute Gasteiger partial charge is 0.481 e. The van der Waals surface area contributed by atoms with Crippen molar-refractivity contribution < 1.29 is 34.3 Å². The third-order valence-corrected chi connectivity index (χ3v) is 10.6. The fourth-order valence-electron chi connectivity index (χ4n) is 3.67. The number of aryl methyl sites for hydroxylation is 1. The number of β-lactam (4-membered cyclic amide) rings is 1. The molecule has 11 nitrogen and oxygen atoms in total. The number of ether oxygens (including phenoxy) is 1. The summed E-state index contributed by atoms with van der Waals surface area (Å²) in [7, 11) is 0. The van der Waals surface area contributed by atoms with Gasteiger partial charge in [0.15, 0.2) is 10.0 Å². The van der Waals surface area contributed by atoms with Crippen LogP contribution in [0.1, 0.15) is 23.1 Å². The number of esters is 1. The molecule has 0 unspecified atom stereocenters. The highest BCUT2D eigenvalue weighted by Crippen LogP contribution is 2.54. The number of amides is 1. The molecule has 3 atom stereocenters. The number of carboxylic acids is 1. The zero-order valence-electron chi connectivity index (χ0n) is 19.5. The lowest BCUT2D eigenvalue weighted by Crippen LogP contribution is -2.60. The van der Waals surface area contributed by atoms with Gasteiger partial charge in [-0.1, -0.05) is 23.5 Å². The maximum atomic E-state index is 13.1. The van der Waals surface area contributed by atoms with Crippen molar-refractivity contribution in [2.75, 3.05) is 5.08 Å².